The smallest absolute Gasteiger partial charge is 0.300 e. The highest BCUT2D eigenvalue weighted by atomic mass is 35.5. The molecule has 0 saturated carbocycles. The maximum absolute atomic E-state index is 12.5. The summed E-state index contributed by atoms with van der Waals surface area (Å²) in [6, 6.07) is 5.61. The number of aliphatic carboxylic acids is 1. The molecular formula is C14H17ClF2O3S. The van der Waals surface area contributed by atoms with Crippen LogP contribution in [0, 0.1) is 0 Å². The van der Waals surface area contributed by atoms with Gasteiger partial charge in [-0.2, -0.15) is 0 Å². The van der Waals surface area contributed by atoms with E-state index in [9.17, 15) is 8.78 Å². The molecule has 2 rings (SSSR count). The van der Waals surface area contributed by atoms with Crippen LogP contribution < -0.4 is 0 Å². The summed E-state index contributed by atoms with van der Waals surface area (Å²) in [7, 11) is 0. The second-order valence-electron chi connectivity index (χ2n) is 4.36. The van der Waals surface area contributed by atoms with E-state index < -0.39 is 25.4 Å². The molecule has 1 N–H and O–H groups in total. The van der Waals surface area contributed by atoms with Crippen LogP contribution in [0.15, 0.2) is 23.1 Å². The number of thioether (sulfide) groups is 1. The first-order valence-electron chi connectivity index (χ1n) is 6.37. The third-order valence-electron chi connectivity index (χ3n) is 2.67. The standard InChI is InChI=1S/C12H13ClF2OS.C2H4O2/c13-9-2-1-3-11-12(9)10(4-5-17-11)16-8(6-14)7-15;1-2(3)4/h1-3,8,10H,4-7H2;1H3,(H,3,4). The van der Waals surface area contributed by atoms with Crippen molar-refractivity contribution in [1.82, 2.24) is 0 Å². The van der Waals surface area contributed by atoms with Crippen molar-refractivity contribution in [3.05, 3.63) is 28.8 Å². The van der Waals surface area contributed by atoms with Gasteiger partial charge >= 0.3 is 0 Å². The monoisotopic (exact) mass is 338 g/mol. The van der Waals surface area contributed by atoms with Gasteiger partial charge in [-0.1, -0.05) is 17.7 Å². The Hall–Kier alpha value is -0.850. The van der Waals surface area contributed by atoms with Gasteiger partial charge in [0.25, 0.3) is 5.97 Å². The first kappa shape index (κ1) is 18.2. The molecule has 1 aliphatic heterocycles. The number of carboxylic acid groups (broad SMARTS) is 1. The van der Waals surface area contributed by atoms with Crippen LogP contribution in [-0.4, -0.2) is 36.3 Å². The maximum atomic E-state index is 12.5. The zero-order valence-corrected chi connectivity index (χ0v) is 13.1. The average Bonchev–Trinajstić information content (AvgIpc) is 2.44. The van der Waals surface area contributed by atoms with E-state index in [4.69, 9.17) is 26.2 Å². The van der Waals surface area contributed by atoms with E-state index in [0.717, 1.165) is 29.6 Å². The molecule has 1 heterocycles. The lowest BCUT2D eigenvalue weighted by atomic mass is 10.1. The van der Waals surface area contributed by atoms with Crippen LogP contribution in [0.4, 0.5) is 8.78 Å². The molecule has 0 saturated heterocycles. The van der Waals surface area contributed by atoms with E-state index in [1.54, 1.807) is 17.8 Å². The Morgan fingerprint density at radius 1 is 1.52 bits per heavy atom. The van der Waals surface area contributed by atoms with Crippen molar-refractivity contribution in [2.24, 2.45) is 0 Å². The third kappa shape index (κ3) is 5.80. The fourth-order valence-electron chi connectivity index (χ4n) is 1.86. The molecular weight excluding hydrogens is 322 g/mol. The number of rotatable bonds is 4. The Morgan fingerprint density at radius 2 is 2.14 bits per heavy atom. The van der Waals surface area contributed by atoms with Gasteiger partial charge in [-0.3, -0.25) is 4.79 Å². The van der Waals surface area contributed by atoms with Crippen LogP contribution in [0.2, 0.25) is 5.02 Å². The van der Waals surface area contributed by atoms with Gasteiger partial charge in [-0.25, -0.2) is 8.78 Å². The molecule has 0 bridgehead atoms. The minimum Gasteiger partial charge on any atom is -0.481 e. The number of ether oxygens (including phenoxy) is 1. The van der Waals surface area contributed by atoms with Crippen LogP contribution in [0.25, 0.3) is 0 Å². The van der Waals surface area contributed by atoms with Crippen molar-refractivity contribution < 1.29 is 23.4 Å². The summed E-state index contributed by atoms with van der Waals surface area (Å²) < 4.78 is 30.4. The second kappa shape index (κ2) is 9.23. The van der Waals surface area contributed by atoms with Crippen molar-refractivity contribution in [3.63, 3.8) is 0 Å². The number of benzene rings is 1. The molecule has 0 radical (unpaired) electrons. The van der Waals surface area contributed by atoms with Gasteiger partial charge < -0.3 is 9.84 Å². The Morgan fingerprint density at radius 3 is 2.71 bits per heavy atom. The van der Waals surface area contributed by atoms with Crippen LogP contribution >= 0.6 is 23.4 Å². The SMILES string of the molecule is CC(=O)O.FCC(CF)OC1CCSc2cccc(Cl)c21. The normalized spacial score (nSPS) is 16.9. The Bertz CT molecular complexity index is 466. The summed E-state index contributed by atoms with van der Waals surface area (Å²) >= 11 is 7.82. The predicted molar refractivity (Wildman–Crippen MR) is 79.7 cm³/mol. The predicted octanol–water partition coefficient (Wildman–Crippen LogP) is 4.29. The topological polar surface area (TPSA) is 46.5 Å². The van der Waals surface area contributed by atoms with E-state index in [1.165, 1.54) is 0 Å². The molecule has 0 spiro atoms. The molecule has 1 atom stereocenters. The molecule has 0 aliphatic carbocycles. The largest absolute Gasteiger partial charge is 0.481 e. The molecule has 21 heavy (non-hydrogen) atoms. The van der Waals surface area contributed by atoms with Crippen molar-refractivity contribution in [1.29, 1.82) is 0 Å². The maximum Gasteiger partial charge on any atom is 0.300 e. The van der Waals surface area contributed by atoms with Crippen LogP contribution in [0.5, 0.6) is 0 Å². The van der Waals surface area contributed by atoms with Gasteiger partial charge in [0.2, 0.25) is 0 Å². The highest BCUT2D eigenvalue weighted by Gasteiger charge is 2.26. The van der Waals surface area contributed by atoms with E-state index in [1.807, 2.05) is 12.1 Å². The van der Waals surface area contributed by atoms with Crippen molar-refractivity contribution >= 4 is 29.3 Å². The van der Waals surface area contributed by atoms with Gasteiger partial charge in [0.1, 0.15) is 19.5 Å². The number of carboxylic acids is 1. The Balaban J connectivity index is 0.000000491. The van der Waals surface area contributed by atoms with Crippen molar-refractivity contribution in [2.75, 3.05) is 19.1 Å². The highest BCUT2D eigenvalue weighted by molar-refractivity contribution is 7.99. The van der Waals surface area contributed by atoms with Gasteiger partial charge in [0.15, 0.2) is 0 Å². The molecule has 1 aromatic rings. The average molecular weight is 339 g/mol. The van der Waals surface area contributed by atoms with E-state index in [-0.39, 0.29) is 6.10 Å². The summed E-state index contributed by atoms with van der Waals surface area (Å²) in [5.74, 6) is 0.0449. The van der Waals surface area contributed by atoms with Gasteiger partial charge in [-0.05, 0) is 18.6 Å². The first-order valence-corrected chi connectivity index (χ1v) is 7.74. The number of halogens is 3. The minimum absolute atomic E-state index is 0.295. The molecule has 0 aromatic heterocycles. The molecule has 7 heteroatoms. The molecule has 0 amide bonds. The molecule has 118 valence electrons. The fraction of sp³-hybridized carbons (Fsp3) is 0.500. The van der Waals surface area contributed by atoms with E-state index >= 15 is 0 Å². The van der Waals surface area contributed by atoms with Gasteiger partial charge in [0, 0.05) is 28.2 Å². The highest BCUT2D eigenvalue weighted by Crippen LogP contribution is 2.42. The van der Waals surface area contributed by atoms with Crippen LogP contribution in [-0.2, 0) is 9.53 Å². The molecule has 1 unspecified atom stereocenters. The fourth-order valence-corrected chi connectivity index (χ4v) is 3.33. The third-order valence-corrected chi connectivity index (χ3v) is 4.11. The lowest BCUT2D eigenvalue weighted by Gasteiger charge is -2.28. The van der Waals surface area contributed by atoms with Crippen molar-refractivity contribution in [3.8, 4) is 0 Å². The summed E-state index contributed by atoms with van der Waals surface area (Å²) in [6.45, 7) is -0.528. The lowest BCUT2D eigenvalue weighted by molar-refractivity contribution is -0.134. The lowest BCUT2D eigenvalue weighted by Crippen LogP contribution is -2.23. The van der Waals surface area contributed by atoms with Crippen LogP contribution in [0.1, 0.15) is 25.0 Å². The number of hydrogen-bond acceptors (Lipinski definition) is 3. The van der Waals surface area contributed by atoms with Gasteiger partial charge in [0.05, 0.1) is 6.10 Å². The van der Waals surface area contributed by atoms with E-state index in [2.05, 4.69) is 0 Å². The number of fused-ring (bicyclic) bond motifs is 1. The minimum atomic E-state index is -0.979. The zero-order valence-electron chi connectivity index (χ0n) is 11.5. The first-order chi connectivity index (χ1) is 9.99. The summed E-state index contributed by atoms with van der Waals surface area (Å²) in [6.07, 6.45) is -0.540. The number of hydrogen-bond donors (Lipinski definition) is 1. The summed E-state index contributed by atoms with van der Waals surface area (Å²) in [5, 5.41) is 8.02. The number of alkyl halides is 2. The second-order valence-corrected chi connectivity index (χ2v) is 5.91. The molecule has 0 fully saturated rings. The van der Waals surface area contributed by atoms with Crippen LogP contribution in [0.3, 0.4) is 0 Å². The Kier molecular flexibility index (Phi) is 8.00. The van der Waals surface area contributed by atoms with Gasteiger partial charge in [-0.15, -0.1) is 11.8 Å². The summed E-state index contributed by atoms with van der Waals surface area (Å²) in [4.78, 5) is 10.0. The molecule has 1 aromatic carbocycles. The summed E-state index contributed by atoms with van der Waals surface area (Å²) in [5.41, 5.74) is 0.873. The Labute approximate surface area is 131 Å². The molecule has 3 nitrogen and oxygen atoms in total. The zero-order chi connectivity index (χ0) is 15.8. The quantitative estimate of drug-likeness (QED) is 0.889. The number of carbonyl (C=O) groups is 1. The molecule has 1 aliphatic rings. The van der Waals surface area contributed by atoms with Crippen molar-refractivity contribution in [2.45, 2.75) is 30.4 Å². The van der Waals surface area contributed by atoms with E-state index in [0.29, 0.717) is 5.02 Å².